The average Bonchev–Trinajstić information content (AvgIpc) is 2.22. The minimum absolute atomic E-state index is 0.0720. The molecule has 1 aromatic carbocycles. The molecule has 5 heteroatoms. The van der Waals surface area contributed by atoms with Crippen molar-refractivity contribution in [1.82, 2.24) is 0 Å². The minimum Gasteiger partial charge on any atom is -0.491 e. The van der Waals surface area contributed by atoms with E-state index in [2.05, 4.69) is 0 Å². The Labute approximate surface area is 104 Å². The lowest BCUT2D eigenvalue weighted by Crippen LogP contribution is -2.21. The molecule has 3 nitrogen and oxygen atoms in total. The number of rotatable bonds is 4. The average molecular weight is 263 g/mol. The van der Waals surface area contributed by atoms with Crippen LogP contribution in [-0.4, -0.2) is 23.1 Å². The molecular formula is C11H12Cl2O3. The third-order valence-electron chi connectivity index (χ3n) is 2.07. The molecular weight excluding hydrogens is 251 g/mol. The zero-order valence-corrected chi connectivity index (χ0v) is 10.5. The number of carbonyl (C=O) groups is 1. The van der Waals surface area contributed by atoms with Crippen LogP contribution in [0.2, 0.25) is 5.02 Å². The van der Waals surface area contributed by atoms with Crippen LogP contribution in [0.5, 0.6) is 5.75 Å². The molecule has 16 heavy (non-hydrogen) atoms. The lowest BCUT2D eigenvalue weighted by molar-refractivity contribution is -0.137. The van der Waals surface area contributed by atoms with Gasteiger partial charge in [0, 0.05) is 5.02 Å². The Balaban J connectivity index is 2.72. The molecule has 0 radical (unpaired) electrons. The molecule has 1 unspecified atom stereocenters. The Morgan fingerprint density at radius 3 is 2.38 bits per heavy atom. The van der Waals surface area contributed by atoms with E-state index < -0.39 is 11.3 Å². The third kappa shape index (κ3) is 3.29. The van der Waals surface area contributed by atoms with Crippen molar-refractivity contribution < 1.29 is 14.6 Å². The number of aryl methyl sites for hydroxylation is 2. The van der Waals surface area contributed by atoms with Crippen LogP contribution < -0.4 is 4.74 Å². The first-order valence-electron chi connectivity index (χ1n) is 4.68. The fraction of sp³-hybridized carbons (Fsp3) is 0.364. The van der Waals surface area contributed by atoms with Gasteiger partial charge >= 0.3 is 5.97 Å². The Hall–Kier alpha value is -0.930. The molecule has 1 atom stereocenters. The Morgan fingerprint density at radius 2 is 1.94 bits per heavy atom. The number of carboxylic acid groups (broad SMARTS) is 1. The van der Waals surface area contributed by atoms with E-state index in [1.54, 1.807) is 12.1 Å². The highest BCUT2D eigenvalue weighted by Gasteiger charge is 2.14. The molecule has 0 bridgehead atoms. The second-order valence-electron chi connectivity index (χ2n) is 3.49. The van der Waals surface area contributed by atoms with Crippen molar-refractivity contribution in [1.29, 1.82) is 0 Å². The summed E-state index contributed by atoms with van der Waals surface area (Å²) < 4.78 is 5.27. The molecule has 0 aliphatic rings. The molecule has 0 heterocycles. The summed E-state index contributed by atoms with van der Waals surface area (Å²) in [5, 5.41) is 8.22. The van der Waals surface area contributed by atoms with Gasteiger partial charge in [-0.25, -0.2) is 0 Å². The molecule has 1 N–H and O–H groups in total. The van der Waals surface area contributed by atoms with Crippen molar-refractivity contribution >= 4 is 29.2 Å². The fourth-order valence-corrected chi connectivity index (χ4v) is 1.40. The largest absolute Gasteiger partial charge is 0.491 e. The van der Waals surface area contributed by atoms with Gasteiger partial charge in [0.15, 0.2) is 5.38 Å². The molecule has 0 spiro atoms. The van der Waals surface area contributed by atoms with Crippen LogP contribution in [0.3, 0.4) is 0 Å². The van der Waals surface area contributed by atoms with E-state index in [4.69, 9.17) is 33.0 Å². The summed E-state index contributed by atoms with van der Waals surface area (Å²) in [6, 6.07) is 3.50. The SMILES string of the molecule is Cc1cc(OCC(Cl)C(=O)O)cc(C)c1Cl. The lowest BCUT2D eigenvalue weighted by atomic mass is 10.1. The summed E-state index contributed by atoms with van der Waals surface area (Å²) in [5.74, 6) is -0.518. The molecule has 88 valence electrons. The third-order valence-corrected chi connectivity index (χ3v) is 2.98. The summed E-state index contributed by atoms with van der Waals surface area (Å²) in [7, 11) is 0. The maximum absolute atomic E-state index is 10.5. The number of hydrogen-bond acceptors (Lipinski definition) is 2. The number of aliphatic carboxylic acids is 1. The van der Waals surface area contributed by atoms with Gasteiger partial charge in [0.05, 0.1) is 0 Å². The van der Waals surface area contributed by atoms with E-state index in [1.807, 2.05) is 13.8 Å². The molecule has 1 aromatic rings. The van der Waals surface area contributed by atoms with Crippen LogP contribution >= 0.6 is 23.2 Å². The highest BCUT2D eigenvalue weighted by Crippen LogP contribution is 2.26. The van der Waals surface area contributed by atoms with Crippen molar-refractivity contribution in [3.05, 3.63) is 28.3 Å². The quantitative estimate of drug-likeness (QED) is 0.849. The minimum atomic E-state index is -1.09. The summed E-state index contributed by atoms with van der Waals surface area (Å²) in [5.41, 5.74) is 1.77. The number of alkyl halides is 1. The van der Waals surface area contributed by atoms with E-state index in [-0.39, 0.29) is 6.61 Å². The molecule has 1 rings (SSSR count). The van der Waals surface area contributed by atoms with Crippen molar-refractivity contribution in [3.8, 4) is 5.75 Å². The maximum Gasteiger partial charge on any atom is 0.325 e. The number of carboxylic acids is 1. The molecule has 0 saturated carbocycles. The highest BCUT2D eigenvalue weighted by molar-refractivity contribution is 6.32. The van der Waals surface area contributed by atoms with Crippen LogP contribution in [0.25, 0.3) is 0 Å². The first kappa shape index (κ1) is 13.1. The first-order valence-corrected chi connectivity index (χ1v) is 5.49. The van der Waals surface area contributed by atoms with Gasteiger partial charge in [0.1, 0.15) is 12.4 Å². The van der Waals surface area contributed by atoms with Crippen molar-refractivity contribution in [3.63, 3.8) is 0 Å². The normalized spacial score (nSPS) is 12.2. The van der Waals surface area contributed by atoms with E-state index in [0.29, 0.717) is 10.8 Å². The van der Waals surface area contributed by atoms with Gasteiger partial charge in [0.25, 0.3) is 0 Å². The zero-order chi connectivity index (χ0) is 12.3. The molecule has 0 fully saturated rings. The van der Waals surface area contributed by atoms with Gasteiger partial charge in [0.2, 0.25) is 0 Å². The van der Waals surface area contributed by atoms with Gasteiger partial charge < -0.3 is 9.84 Å². The van der Waals surface area contributed by atoms with Gasteiger partial charge in [-0.05, 0) is 37.1 Å². The summed E-state index contributed by atoms with van der Waals surface area (Å²) in [4.78, 5) is 10.5. The highest BCUT2D eigenvalue weighted by atomic mass is 35.5. The summed E-state index contributed by atoms with van der Waals surface area (Å²) in [6.45, 7) is 3.65. The van der Waals surface area contributed by atoms with Gasteiger partial charge in [-0.2, -0.15) is 0 Å². The standard InChI is InChI=1S/C11H12Cl2O3/c1-6-3-8(4-7(2)10(6)13)16-5-9(12)11(14)15/h3-4,9H,5H2,1-2H3,(H,14,15). The Morgan fingerprint density at radius 1 is 1.44 bits per heavy atom. The Bertz CT molecular complexity index is 381. The zero-order valence-electron chi connectivity index (χ0n) is 8.96. The summed E-state index contributed by atoms with van der Waals surface area (Å²) >= 11 is 11.5. The second-order valence-corrected chi connectivity index (χ2v) is 4.39. The summed E-state index contributed by atoms with van der Waals surface area (Å²) in [6.07, 6.45) is 0. The second kappa shape index (κ2) is 5.41. The van der Waals surface area contributed by atoms with Crippen LogP contribution in [0.15, 0.2) is 12.1 Å². The smallest absolute Gasteiger partial charge is 0.325 e. The number of ether oxygens (including phenoxy) is 1. The Kier molecular flexibility index (Phi) is 4.44. The number of benzene rings is 1. The van der Waals surface area contributed by atoms with Gasteiger partial charge in [-0.15, -0.1) is 11.6 Å². The molecule has 0 aromatic heterocycles. The van der Waals surface area contributed by atoms with Crippen molar-refractivity contribution in [2.45, 2.75) is 19.2 Å². The molecule has 0 aliphatic carbocycles. The molecule has 0 aliphatic heterocycles. The number of halogens is 2. The molecule has 0 saturated heterocycles. The predicted molar refractivity (Wildman–Crippen MR) is 63.7 cm³/mol. The van der Waals surface area contributed by atoms with E-state index in [1.165, 1.54) is 0 Å². The maximum atomic E-state index is 10.5. The monoisotopic (exact) mass is 262 g/mol. The van der Waals surface area contributed by atoms with E-state index in [0.717, 1.165) is 11.1 Å². The first-order chi connectivity index (χ1) is 7.41. The molecule has 0 amide bonds. The van der Waals surface area contributed by atoms with Crippen LogP contribution in [0.4, 0.5) is 0 Å². The van der Waals surface area contributed by atoms with Crippen molar-refractivity contribution in [2.75, 3.05) is 6.61 Å². The lowest BCUT2D eigenvalue weighted by Gasteiger charge is -2.11. The van der Waals surface area contributed by atoms with Crippen molar-refractivity contribution in [2.24, 2.45) is 0 Å². The van der Waals surface area contributed by atoms with Gasteiger partial charge in [-0.3, -0.25) is 4.79 Å². The van der Waals surface area contributed by atoms with E-state index >= 15 is 0 Å². The predicted octanol–water partition coefficient (Wildman–Crippen LogP) is 3.03. The number of hydrogen-bond donors (Lipinski definition) is 1. The van der Waals surface area contributed by atoms with E-state index in [9.17, 15) is 4.79 Å². The van der Waals surface area contributed by atoms with Gasteiger partial charge in [-0.1, -0.05) is 11.6 Å². The fourth-order valence-electron chi connectivity index (χ4n) is 1.23. The van der Waals surface area contributed by atoms with Crippen LogP contribution in [0, 0.1) is 13.8 Å². The van der Waals surface area contributed by atoms with Crippen LogP contribution in [0.1, 0.15) is 11.1 Å². The van der Waals surface area contributed by atoms with Crippen LogP contribution in [-0.2, 0) is 4.79 Å². The topological polar surface area (TPSA) is 46.5 Å².